The summed E-state index contributed by atoms with van der Waals surface area (Å²) in [6.07, 6.45) is 2.71. The highest BCUT2D eigenvalue weighted by Gasteiger charge is 2.29. The van der Waals surface area contributed by atoms with Crippen molar-refractivity contribution in [1.29, 1.82) is 0 Å². The highest BCUT2D eigenvalue weighted by Crippen LogP contribution is 2.34. The molecule has 42 heavy (non-hydrogen) atoms. The van der Waals surface area contributed by atoms with Crippen LogP contribution in [0.3, 0.4) is 0 Å². The largest absolute Gasteiger partial charge is 0.496 e. The van der Waals surface area contributed by atoms with E-state index in [1.807, 2.05) is 0 Å². The lowest BCUT2D eigenvalue weighted by Crippen LogP contribution is -2.47. The molecule has 0 aliphatic rings. The molecule has 3 aromatic heterocycles. The zero-order valence-corrected chi connectivity index (χ0v) is 25.2. The second-order valence-electron chi connectivity index (χ2n) is 10.0. The van der Waals surface area contributed by atoms with E-state index < -0.39 is 35.1 Å². The molecule has 0 radical (unpaired) electrons. The van der Waals surface area contributed by atoms with Gasteiger partial charge in [-0.3, -0.25) is 14.2 Å². The van der Waals surface area contributed by atoms with Crippen LogP contribution in [0.25, 0.3) is 15.2 Å². The smallest absolute Gasteiger partial charge is 0.332 e. The van der Waals surface area contributed by atoms with Crippen LogP contribution < -0.4 is 21.3 Å². The standard InChI is InChI=1S/C28H35FN6O6S/c1-16(2)32-24(36)18(4)34-25(37)23-17(3)26(35-30-10-11-31-35)42-27(23)33(28(34)38)15-22(41-13-7-12-39-5)20-14-19(29)8-9-21(20)40-6/h8-11,14,16,18,22H,7,12-13,15H2,1-6H3,(H,32,36)/t18-,22-/m0/s1. The van der Waals surface area contributed by atoms with Gasteiger partial charge >= 0.3 is 5.69 Å². The SMILES string of the molecule is COCCCO[C@@H](Cn1c(=O)n([C@@H](C)C(=O)NC(C)C)c(=O)c2c(C)c(-n3nccn3)sc21)c1cc(F)ccc1OC. The van der Waals surface area contributed by atoms with Gasteiger partial charge in [-0.1, -0.05) is 11.3 Å². The maximum absolute atomic E-state index is 14.5. The Labute approximate surface area is 245 Å². The maximum atomic E-state index is 14.5. The Morgan fingerprint density at radius 3 is 2.48 bits per heavy atom. The molecule has 14 heteroatoms. The van der Waals surface area contributed by atoms with Crippen molar-refractivity contribution < 1.29 is 23.4 Å². The van der Waals surface area contributed by atoms with Crippen molar-refractivity contribution in [3.05, 3.63) is 68.4 Å². The molecule has 0 unspecified atom stereocenters. The van der Waals surface area contributed by atoms with Gasteiger partial charge in [0.05, 0.1) is 31.4 Å². The van der Waals surface area contributed by atoms with Gasteiger partial charge in [0.2, 0.25) is 5.91 Å². The van der Waals surface area contributed by atoms with Gasteiger partial charge in [-0.25, -0.2) is 13.8 Å². The average Bonchev–Trinajstić information content (AvgIpc) is 3.60. The van der Waals surface area contributed by atoms with Crippen molar-refractivity contribution in [3.63, 3.8) is 0 Å². The van der Waals surface area contributed by atoms with Crippen LogP contribution in [-0.2, 0) is 20.8 Å². The number of nitrogens with zero attached hydrogens (tertiary/aromatic N) is 5. The van der Waals surface area contributed by atoms with E-state index in [2.05, 4.69) is 15.5 Å². The van der Waals surface area contributed by atoms with Crippen LogP contribution in [0.2, 0.25) is 0 Å². The Bertz CT molecular complexity index is 1660. The van der Waals surface area contributed by atoms with Crippen molar-refractivity contribution in [3.8, 4) is 10.8 Å². The number of amides is 1. The summed E-state index contributed by atoms with van der Waals surface area (Å²) in [4.78, 5) is 42.8. The van der Waals surface area contributed by atoms with Crippen LogP contribution >= 0.6 is 11.3 Å². The number of rotatable bonds is 13. The van der Waals surface area contributed by atoms with Crippen LogP contribution in [0, 0.1) is 12.7 Å². The summed E-state index contributed by atoms with van der Waals surface area (Å²) in [5.41, 5.74) is -0.372. The van der Waals surface area contributed by atoms with Gasteiger partial charge in [0.1, 0.15) is 33.5 Å². The van der Waals surface area contributed by atoms with Crippen molar-refractivity contribution in [2.24, 2.45) is 0 Å². The van der Waals surface area contributed by atoms with E-state index in [4.69, 9.17) is 14.2 Å². The predicted octanol–water partition coefficient (Wildman–Crippen LogP) is 3.14. The number of methoxy groups -OCH3 is 2. The summed E-state index contributed by atoms with van der Waals surface area (Å²) in [6, 6.07) is 2.75. The third-order valence-electron chi connectivity index (χ3n) is 6.71. The van der Waals surface area contributed by atoms with Gasteiger partial charge < -0.3 is 19.5 Å². The van der Waals surface area contributed by atoms with E-state index in [1.165, 1.54) is 54.0 Å². The number of carbonyl (C=O) groups excluding carboxylic acids is 1. The zero-order valence-electron chi connectivity index (χ0n) is 24.4. The lowest BCUT2D eigenvalue weighted by molar-refractivity contribution is -0.124. The number of fused-ring (bicyclic) bond motifs is 1. The van der Waals surface area contributed by atoms with E-state index in [-0.39, 0.29) is 24.6 Å². The van der Waals surface area contributed by atoms with E-state index >= 15 is 0 Å². The first-order valence-corrected chi connectivity index (χ1v) is 14.3. The normalized spacial score (nSPS) is 13.0. The average molecular weight is 603 g/mol. The molecular weight excluding hydrogens is 567 g/mol. The quantitative estimate of drug-likeness (QED) is 0.231. The van der Waals surface area contributed by atoms with Gasteiger partial charge in [-0.05, 0) is 52.3 Å². The number of hydrogen-bond donors (Lipinski definition) is 1. The number of thiophene rings is 1. The van der Waals surface area contributed by atoms with Crippen molar-refractivity contribution in [2.45, 2.75) is 58.8 Å². The summed E-state index contributed by atoms with van der Waals surface area (Å²) < 4.78 is 33.7. The van der Waals surface area contributed by atoms with E-state index in [0.29, 0.717) is 39.7 Å². The second kappa shape index (κ2) is 13.4. The van der Waals surface area contributed by atoms with Crippen LogP contribution in [0.15, 0.2) is 40.2 Å². The molecule has 0 saturated carbocycles. The fourth-order valence-electron chi connectivity index (χ4n) is 4.68. The summed E-state index contributed by atoms with van der Waals surface area (Å²) in [5, 5.41) is 12.0. The third kappa shape index (κ3) is 6.30. The number of nitrogens with one attached hydrogen (secondary N) is 1. The summed E-state index contributed by atoms with van der Waals surface area (Å²) >= 11 is 1.16. The molecule has 1 amide bonds. The first-order valence-electron chi connectivity index (χ1n) is 13.5. The molecule has 4 rings (SSSR count). The number of ether oxygens (including phenoxy) is 3. The lowest BCUT2D eigenvalue weighted by atomic mass is 10.1. The highest BCUT2D eigenvalue weighted by molar-refractivity contribution is 7.21. The summed E-state index contributed by atoms with van der Waals surface area (Å²) in [7, 11) is 3.04. The molecule has 0 saturated heterocycles. The van der Waals surface area contributed by atoms with Gasteiger partial charge in [-0.15, -0.1) is 4.80 Å². The van der Waals surface area contributed by atoms with Gasteiger partial charge in [0.25, 0.3) is 5.56 Å². The first-order chi connectivity index (χ1) is 20.1. The van der Waals surface area contributed by atoms with Gasteiger partial charge in [-0.2, -0.15) is 10.2 Å². The Hall–Kier alpha value is -3.88. The fraction of sp³-hybridized carbons (Fsp3) is 0.464. The minimum Gasteiger partial charge on any atom is -0.496 e. The van der Waals surface area contributed by atoms with E-state index in [9.17, 15) is 18.8 Å². The Kier molecular flexibility index (Phi) is 9.91. The Morgan fingerprint density at radius 1 is 1.12 bits per heavy atom. The van der Waals surface area contributed by atoms with E-state index in [0.717, 1.165) is 15.9 Å². The Morgan fingerprint density at radius 2 is 1.83 bits per heavy atom. The maximum Gasteiger partial charge on any atom is 0.332 e. The molecule has 226 valence electrons. The molecule has 0 fully saturated rings. The van der Waals surface area contributed by atoms with Crippen molar-refractivity contribution >= 4 is 27.5 Å². The molecule has 2 atom stereocenters. The van der Waals surface area contributed by atoms with E-state index in [1.54, 1.807) is 27.9 Å². The molecule has 0 spiro atoms. The molecule has 0 aliphatic carbocycles. The van der Waals surface area contributed by atoms with Gasteiger partial charge in [0, 0.05) is 37.5 Å². The Balaban J connectivity index is 1.96. The van der Waals surface area contributed by atoms with Crippen LogP contribution in [-0.4, -0.2) is 63.5 Å². The van der Waals surface area contributed by atoms with Crippen LogP contribution in [0.5, 0.6) is 5.75 Å². The monoisotopic (exact) mass is 602 g/mol. The number of aryl methyl sites for hydroxylation is 1. The molecule has 1 aromatic carbocycles. The molecular formula is C28H35FN6O6S. The number of hydrogen-bond acceptors (Lipinski definition) is 9. The number of carbonyl (C=O) groups is 1. The first kappa shape index (κ1) is 31.1. The van der Waals surface area contributed by atoms with Crippen molar-refractivity contribution in [2.75, 3.05) is 27.4 Å². The van der Waals surface area contributed by atoms with Crippen LogP contribution in [0.4, 0.5) is 4.39 Å². The molecule has 12 nitrogen and oxygen atoms in total. The van der Waals surface area contributed by atoms with Crippen LogP contribution in [0.1, 0.15) is 50.5 Å². The lowest BCUT2D eigenvalue weighted by Gasteiger charge is -2.23. The number of benzene rings is 1. The molecule has 3 heterocycles. The highest BCUT2D eigenvalue weighted by atomic mass is 32.1. The molecule has 4 aromatic rings. The molecule has 0 bridgehead atoms. The second-order valence-corrected chi connectivity index (χ2v) is 11.0. The predicted molar refractivity (Wildman–Crippen MR) is 156 cm³/mol. The molecule has 1 N–H and O–H groups in total. The minimum atomic E-state index is -1.11. The minimum absolute atomic E-state index is 0.104. The summed E-state index contributed by atoms with van der Waals surface area (Å²) in [6.45, 7) is 7.41. The number of halogens is 1. The molecule has 0 aliphatic heterocycles. The number of aromatic nitrogens is 5. The zero-order chi connectivity index (χ0) is 30.6. The fourth-order valence-corrected chi connectivity index (χ4v) is 5.90. The topological polar surface area (TPSA) is 132 Å². The summed E-state index contributed by atoms with van der Waals surface area (Å²) in [5.74, 6) is -0.605. The van der Waals surface area contributed by atoms with Gasteiger partial charge in [0.15, 0.2) is 0 Å². The third-order valence-corrected chi connectivity index (χ3v) is 8.00. The van der Waals surface area contributed by atoms with Crippen molar-refractivity contribution in [1.82, 2.24) is 29.4 Å².